The van der Waals surface area contributed by atoms with Gasteiger partial charge in [0.25, 0.3) is 0 Å². The Morgan fingerprint density at radius 2 is 1.53 bits per heavy atom. The minimum Gasteiger partial charge on any atom is -0.374 e. The van der Waals surface area contributed by atoms with E-state index in [4.69, 9.17) is 13.3 Å². The number of nitrogens with one attached hydrogen (secondary N) is 3. The second-order valence-electron chi connectivity index (χ2n) is 7.19. The first-order valence-corrected chi connectivity index (χ1v) is 14.0. The summed E-state index contributed by atoms with van der Waals surface area (Å²) < 4.78 is 17.3. The summed E-state index contributed by atoms with van der Waals surface area (Å²) in [6.45, 7) is 17.6. The third kappa shape index (κ3) is 16.9. The van der Waals surface area contributed by atoms with Crippen molar-refractivity contribution in [2.24, 2.45) is 0 Å². The summed E-state index contributed by atoms with van der Waals surface area (Å²) in [5, 5.41) is 8.53. The van der Waals surface area contributed by atoms with Crippen molar-refractivity contribution in [3.05, 3.63) is 0 Å². The molecule has 0 spiro atoms. The molecule has 0 radical (unpaired) electrons. The zero-order valence-corrected chi connectivity index (χ0v) is 22.3. The van der Waals surface area contributed by atoms with E-state index in [1.807, 2.05) is 54.7 Å². The fourth-order valence-electron chi connectivity index (χ4n) is 2.33. The van der Waals surface area contributed by atoms with E-state index in [1.165, 1.54) is 6.92 Å². The topological polar surface area (TPSA) is 97.9 Å². The normalized spacial score (nSPS) is 12.4. The maximum atomic E-state index is 11.8. The summed E-state index contributed by atoms with van der Waals surface area (Å²) >= 11 is 1.59. The van der Waals surface area contributed by atoms with E-state index < -0.39 is 8.80 Å². The number of carbonyl (C=O) groups is 2. The Balaban J connectivity index is 0. The molecule has 0 aromatic rings. The molecule has 8 nitrogen and oxygen atoms in total. The van der Waals surface area contributed by atoms with Crippen LogP contribution >= 0.6 is 11.8 Å². The van der Waals surface area contributed by atoms with Crippen molar-refractivity contribution in [1.82, 2.24) is 16.0 Å². The molecular weight excluding hydrogens is 422 g/mol. The standard InChI is InChI=1S/C14H32N2O4SSi.C6H13NO/c1-7-18-22(19-8-2,20-9-3)12-10-11-15-13(17)16-14(4,5)21-6;1-4-5(2)7-6(3)8/h7-12H2,1-6H3,(H2,15,16,17);5H,4H2,1-3H3,(H,7,8). The van der Waals surface area contributed by atoms with Crippen LogP contribution in [0.2, 0.25) is 6.04 Å². The molecule has 1 atom stereocenters. The predicted octanol–water partition coefficient (Wildman–Crippen LogP) is 3.74. The Morgan fingerprint density at radius 3 is 1.87 bits per heavy atom. The largest absolute Gasteiger partial charge is 0.500 e. The minimum absolute atomic E-state index is 0.0550. The van der Waals surface area contributed by atoms with Crippen LogP contribution in [0, 0.1) is 0 Å². The van der Waals surface area contributed by atoms with Gasteiger partial charge >= 0.3 is 14.8 Å². The zero-order chi connectivity index (χ0) is 23.6. The van der Waals surface area contributed by atoms with E-state index in [2.05, 4.69) is 16.0 Å². The monoisotopic (exact) mass is 467 g/mol. The molecule has 10 heteroatoms. The highest BCUT2D eigenvalue weighted by atomic mass is 32.2. The highest BCUT2D eigenvalue weighted by Crippen LogP contribution is 2.18. The maximum Gasteiger partial charge on any atom is 0.500 e. The van der Waals surface area contributed by atoms with Crippen LogP contribution in [0.15, 0.2) is 0 Å². The van der Waals surface area contributed by atoms with Crippen LogP contribution in [-0.2, 0) is 18.1 Å². The summed E-state index contributed by atoms with van der Waals surface area (Å²) in [6.07, 6.45) is 3.73. The summed E-state index contributed by atoms with van der Waals surface area (Å²) in [6, 6.07) is 0.873. The molecule has 1 unspecified atom stereocenters. The van der Waals surface area contributed by atoms with Crippen LogP contribution < -0.4 is 16.0 Å². The third-order valence-electron chi connectivity index (χ3n) is 4.02. The molecule has 0 bridgehead atoms. The van der Waals surface area contributed by atoms with Gasteiger partial charge in [-0.25, -0.2) is 4.79 Å². The Hall–Kier alpha value is -0.813. The average molecular weight is 468 g/mol. The number of hydrogen-bond acceptors (Lipinski definition) is 6. The lowest BCUT2D eigenvalue weighted by atomic mass is 10.3. The number of carbonyl (C=O) groups excluding carboxylic acids is 2. The molecule has 0 aromatic heterocycles. The fourth-order valence-corrected chi connectivity index (χ4v) is 5.13. The molecule has 0 saturated heterocycles. The molecule has 0 heterocycles. The van der Waals surface area contributed by atoms with Crippen LogP contribution in [0.5, 0.6) is 0 Å². The van der Waals surface area contributed by atoms with E-state index in [-0.39, 0.29) is 16.8 Å². The van der Waals surface area contributed by atoms with E-state index in [1.54, 1.807) is 11.8 Å². The molecule has 0 aliphatic rings. The number of amides is 3. The number of urea groups is 1. The van der Waals surface area contributed by atoms with Crippen molar-refractivity contribution in [2.75, 3.05) is 32.6 Å². The van der Waals surface area contributed by atoms with Crippen molar-refractivity contribution in [1.29, 1.82) is 0 Å². The van der Waals surface area contributed by atoms with Crippen LogP contribution in [0.25, 0.3) is 0 Å². The third-order valence-corrected chi connectivity index (χ3v) is 8.30. The lowest BCUT2D eigenvalue weighted by Gasteiger charge is -2.28. The van der Waals surface area contributed by atoms with Gasteiger partial charge in [-0.1, -0.05) is 6.92 Å². The lowest BCUT2D eigenvalue weighted by Crippen LogP contribution is -2.48. The van der Waals surface area contributed by atoms with E-state index in [9.17, 15) is 9.59 Å². The van der Waals surface area contributed by atoms with Crippen LogP contribution in [0.4, 0.5) is 4.79 Å². The van der Waals surface area contributed by atoms with Gasteiger partial charge in [-0.2, -0.15) is 0 Å². The van der Waals surface area contributed by atoms with Crippen molar-refractivity contribution in [3.8, 4) is 0 Å². The second kappa shape index (κ2) is 17.8. The molecular formula is C20H45N3O5SSi. The van der Waals surface area contributed by atoms with Crippen LogP contribution in [-0.4, -0.2) is 64.3 Å². The Bertz CT molecular complexity index is 453. The lowest BCUT2D eigenvalue weighted by molar-refractivity contribution is -0.119. The molecule has 3 N–H and O–H groups in total. The van der Waals surface area contributed by atoms with Gasteiger partial charge in [-0.15, -0.1) is 11.8 Å². The molecule has 0 aliphatic heterocycles. The van der Waals surface area contributed by atoms with Crippen molar-refractivity contribution < 1.29 is 22.9 Å². The first kappa shape index (κ1) is 31.4. The summed E-state index contributed by atoms with van der Waals surface area (Å²) in [7, 11) is -2.60. The molecule has 0 aromatic carbocycles. The molecule has 0 fully saturated rings. The van der Waals surface area contributed by atoms with Gasteiger partial charge in [0.05, 0.1) is 4.87 Å². The van der Waals surface area contributed by atoms with Gasteiger partial charge < -0.3 is 29.2 Å². The smallest absolute Gasteiger partial charge is 0.374 e. The Kier molecular flexibility index (Phi) is 18.6. The molecule has 30 heavy (non-hydrogen) atoms. The highest BCUT2D eigenvalue weighted by Gasteiger charge is 2.39. The maximum absolute atomic E-state index is 11.8. The summed E-state index contributed by atoms with van der Waals surface area (Å²) in [5.74, 6) is 0.0550. The highest BCUT2D eigenvalue weighted by molar-refractivity contribution is 7.99. The molecule has 0 rings (SSSR count). The first-order chi connectivity index (χ1) is 14.0. The van der Waals surface area contributed by atoms with Crippen LogP contribution in [0.3, 0.4) is 0 Å². The van der Waals surface area contributed by atoms with Crippen molar-refractivity contribution in [3.63, 3.8) is 0 Å². The van der Waals surface area contributed by atoms with Gasteiger partial charge in [0.15, 0.2) is 0 Å². The van der Waals surface area contributed by atoms with E-state index >= 15 is 0 Å². The van der Waals surface area contributed by atoms with Gasteiger partial charge in [-0.3, -0.25) is 4.79 Å². The first-order valence-electron chi connectivity index (χ1n) is 10.8. The molecule has 0 saturated carbocycles. The number of hydrogen-bond donors (Lipinski definition) is 3. The van der Waals surface area contributed by atoms with E-state index in [0.29, 0.717) is 38.5 Å². The second-order valence-corrected chi connectivity index (χ2v) is 11.4. The van der Waals surface area contributed by atoms with E-state index in [0.717, 1.165) is 12.8 Å². The van der Waals surface area contributed by atoms with Crippen molar-refractivity contribution in [2.45, 2.75) is 85.2 Å². The number of rotatable bonds is 14. The molecule has 3 amide bonds. The molecule has 0 aliphatic carbocycles. The average Bonchev–Trinajstić information content (AvgIpc) is 2.65. The van der Waals surface area contributed by atoms with Gasteiger partial charge in [0.2, 0.25) is 5.91 Å². The zero-order valence-electron chi connectivity index (χ0n) is 20.5. The van der Waals surface area contributed by atoms with Gasteiger partial charge in [0, 0.05) is 45.4 Å². The summed E-state index contributed by atoms with van der Waals surface area (Å²) in [5.41, 5.74) is 0. The minimum atomic E-state index is -2.60. The Morgan fingerprint density at radius 1 is 1.03 bits per heavy atom. The fraction of sp³-hybridized carbons (Fsp3) is 0.900. The van der Waals surface area contributed by atoms with Crippen molar-refractivity contribution >= 4 is 32.5 Å². The number of thioether (sulfide) groups is 1. The quantitative estimate of drug-likeness (QED) is 0.204. The van der Waals surface area contributed by atoms with Crippen LogP contribution in [0.1, 0.15) is 68.2 Å². The van der Waals surface area contributed by atoms with Gasteiger partial charge in [-0.05, 0) is 60.6 Å². The molecule has 180 valence electrons. The Labute approximate surface area is 189 Å². The SMILES string of the molecule is CCC(C)NC(C)=O.CCO[Si](CCCNC(=O)NC(C)(C)SC)(OCC)OCC. The summed E-state index contributed by atoms with van der Waals surface area (Å²) in [4.78, 5) is 21.8. The van der Waals surface area contributed by atoms with Gasteiger partial charge in [0.1, 0.15) is 0 Å². The predicted molar refractivity (Wildman–Crippen MR) is 128 cm³/mol.